The number of benzene rings is 2. The number of halogens is 1. The molecule has 0 bridgehead atoms. The Labute approximate surface area is 175 Å². The fourth-order valence-corrected chi connectivity index (χ4v) is 4.41. The van der Waals surface area contributed by atoms with Gasteiger partial charge in [0.05, 0.1) is 35.0 Å². The van der Waals surface area contributed by atoms with Crippen LogP contribution in [0.25, 0.3) is 10.8 Å². The van der Waals surface area contributed by atoms with Crippen LogP contribution in [-0.4, -0.2) is 30.3 Å². The Balaban J connectivity index is 1.74. The van der Waals surface area contributed by atoms with Crippen LogP contribution in [0.1, 0.15) is 5.56 Å². The molecule has 0 aliphatic rings. The van der Waals surface area contributed by atoms with Crippen molar-refractivity contribution >= 4 is 20.6 Å². The highest BCUT2D eigenvalue weighted by atomic mass is 32.2. The largest absolute Gasteiger partial charge is 0.497 e. The van der Waals surface area contributed by atoms with Crippen LogP contribution in [0, 0.1) is 5.82 Å². The molecule has 0 spiro atoms. The third kappa shape index (κ3) is 3.84. The van der Waals surface area contributed by atoms with E-state index in [0.717, 1.165) is 16.9 Å². The van der Waals surface area contributed by atoms with E-state index in [1.807, 2.05) is 0 Å². The lowest BCUT2D eigenvalue weighted by atomic mass is 10.2. The van der Waals surface area contributed by atoms with Crippen LogP contribution in [0.2, 0.25) is 0 Å². The molecule has 31 heavy (non-hydrogen) atoms. The fraction of sp³-hybridized carbons (Fsp3) is 0.0952. The van der Waals surface area contributed by atoms with Crippen LogP contribution in [-0.2, 0) is 16.4 Å². The van der Waals surface area contributed by atoms with Gasteiger partial charge in [0.25, 0.3) is 11.1 Å². The minimum atomic E-state index is -3.82. The maximum absolute atomic E-state index is 13.4. The van der Waals surface area contributed by atoms with Crippen molar-refractivity contribution in [2.45, 2.75) is 16.3 Å². The number of hydrogen-bond acceptors (Lipinski definition) is 6. The van der Waals surface area contributed by atoms with Gasteiger partial charge in [0.2, 0.25) is 9.84 Å². The molecule has 0 unspecified atom stereocenters. The zero-order chi connectivity index (χ0) is 22.2. The van der Waals surface area contributed by atoms with Gasteiger partial charge in [-0.25, -0.2) is 17.5 Å². The zero-order valence-corrected chi connectivity index (χ0v) is 17.0. The quantitative estimate of drug-likeness (QED) is 0.508. The number of nitrogens with one attached hydrogen (secondary N) is 1. The number of pyridine rings is 1. The smallest absolute Gasteiger partial charge is 0.274 e. The molecule has 0 saturated heterocycles. The molecule has 4 rings (SSSR count). The molecule has 2 aromatic heterocycles. The summed E-state index contributed by atoms with van der Waals surface area (Å²) in [5, 5.41) is 4.55. The van der Waals surface area contributed by atoms with E-state index < -0.39 is 26.8 Å². The van der Waals surface area contributed by atoms with Crippen LogP contribution in [0.5, 0.6) is 5.75 Å². The lowest BCUT2D eigenvalue weighted by Gasteiger charge is -2.09. The van der Waals surface area contributed by atoms with Crippen LogP contribution in [0.3, 0.4) is 0 Å². The third-order valence-corrected chi connectivity index (χ3v) is 6.54. The van der Waals surface area contributed by atoms with Crippen LogP contribution < -0.4 is 15.9 Å². The van der Waals surface area contributed by atoms with Crippen molar-refractivity contribution in [2.24, 2.45) is 0 Å². The molecule has 158 valence electrons. The first-order valence-electron chi connectivity index (χ1n) is 9.06. The van der Waals surface area contributed by atoms with Gasteiger partial charge in [-0.2, -0.15) is 5.10 Å². The van der Waals surface area contributed by atoms with Crippen molar-refractivity contribution < 1.29 is 17.5 Å². The Bertz CT molecular complexity index is 1510. The standard InChI is InChI=1S/C21H16FN3O5S/c1-30-16-2-4-17(5-3-16)31(28,29)18-6-7-19-13(9-18)10-24-25(21(19)27)12-14-8-15(22)11-23-20(14)26/h2-11H,12H2,1H3,(H,23,26). The summed E-state index contributed by atoms with van der Waals surface area (Å²) in [6.07, 6.45) is 2.25. The Morgan fingerprint density at radius 1 is 1.06 bits per heavy atom. The summed E-state index contributed by atoms with van der Waals surface area (Å²) in [6, 6.07) is 11.1. The molecular weight excluding hydrogens is 425 g/mol. The van der Waals surface area contributed by atoms with E-state index in [2.05, 4.69) is 10.1 Å². The molecule has 0 aliphatic heterocycles. The molecule has 0 atom stereocenters. The van der Waals surface area contributed by atoms with E-state index in [1.54, 1.807) is 12.1 Å². The van der Waals surface area contributed by atoms with E-state index in [1.165, 1.54) is 43.6 Å². The predicted octanol–water partition coefficient (Wildman–Crippen LogP) is 2.11. The number of H-pyrrole nitrogens is 1. The molecule has 8 nitrogen and oxygen atoms in total. The SMILES string of the molecule is COc1ccc(S(=O)(=O)c2ccc3c(=O)n(Cc4cc(F)c[nH]c4=O)ncc3c2)cc1. The molecule has 0 saturated carbocycles. The van der Waals surface area contributed by atoms with Gasteiger partial charge < -0.3 is 9.72 Å². The first-order valence-corrected chi connectivity index (χ1v) is 10.5. The van der Waals surface area contributed by atoms with Crippen LogP contribution >= 0.6 is 0 Å². The zero-order valence-electron chi connectivity index (χ0n) is 16.2. The number of hydrogen-bond donors (Lipinski definition) is 1. The Morgan fingerprint density at radius 3 is 2.48 bits per heavy atom. The van der Waals surface area contributed by atoms with Gasteiger partial charge in [-0.15, -0.1) is 0 Å². The summed E-state index contributed by atoms with van der Waals surface area (Å²) < 4.78 is 45.3. The van der Waals surface area contributed by atoms with Gasteiger partial charge in [0, 0.05) is 17.1 Å². The molecule has 0 aliphatic carbocycles. The summed E-state index contributed by atoms with van der Waals surface area (Å²) in [4.78, 5) is 26.9. The van der Waals surface area contributed by atoms with Crippen molar-refractivity contribution in [1.29, 1.82) is 0 Å². The molecule has 4 aromatic rings. The first-order chi connectivity index (χ1) is 14.8. The Morgan fingerprint density at radius 2 is 1.77 bits per heavy atom. The van der Waals surface area contributed by atoms with Gasteiger partial charge in [0.1, 0.15) is 11.6 Å². The number of nitrogens with zero attached hydrogens (tertiary/aromatic N) is 2. The molecular formula is C21H16FN3O5S. The van der Waals surface area contributed by atoms with Crippen molar-refractivity contribution in [1.82, 2.24) is 14.8 Å². The molecule has 0 amide bonds. The number of methoxy groups -OCH3 is 1. The highest BCUT2D eigenvalue weighted by Crippen LogP contribution is 2.25. The maximum Gasteiger partial charge on any atom is 0.274 e. The number of ether oxygens (including phenoxy) is 1. The molecule has 0 radical (unpaired) electrons. The van der Waals surface area contributed by atoms with Crippen molar-refractivity contribution in [3.8, 4) is 5.75 Å². The third-order valence-electron chi connectivity index (χ3n) is 4.77. The Kier molecular flexibility index (Phi) is 5.15. The second-order valence-corrected chi connectivity index (χ2v) is 8.66. The fourth-order valence-electron chi connectivity index (χ4n) is 3.12. The topological polar surface area (TPSA) is 111 Å². The second kappa shape index (κ2) is 7.80. The van der Waals surface area contributed by atoms with Gasteiger partial charge in [-0.1, -0.05) is 0 Å². The van der Waals surface area contributed by atoms with Crippen molar-refractivity contribution in [3.05, 3.63) is 93.0 Å². The Hall–Kier alpha value is -3.79. The molecule has 0 fully saturated rings. The van der Waals surface area contributed by atoms with Crippen molar-refractivity contribution in [3.63, 3.8) is 0 Å². The van der Waals surface area contributed by atoms with Crippen molar-refractivity contribution in [2.75, 3.05) is 7.11 Å². The summed E-state index contributed by atoms with van der Waals surface area (Å²) >= 11 is 0. The highest BCUT2D eigenvalue weighted by molar-refractivity contribution is 7.91. The van der Waals surface area contributed by atoms with Crippen LogP contribution in [0.4, 0.5) is 4.39 Å². The summed E-state index contributed by atoms with van der Waals surface area (Å²) in [5.74, 6) is -0.115. The van der Waals surface area contributed by atoms with E-state index in [4.69, 9.17) is 4.74 Å². The molecule has 10 heteroatoms. The predicted molar refractivity (Wildman–Crippen MR) is 111 cm³/mol. The summed E-state index contributed by atoms with van der Waals surface area (Å²) in [7, 11) is -2.33. The lowest BCUT2D eigenvalue weighted by molar-refractivity contribution is 0.414. The monoisotopic (exact) mass is 441 g/mol. The summed E-state index contributed by atoms with van der Waals surface area (Å²) in [5.41, 5.74) is -1.03. The van der Waals surface area contributed by atoms with E-state index in [9.17, 15) is 22.4 Å². The number of aromatic nitrogens is 3. The van der Waals surface area contributed by atoms with Gasteiger partial charge in [-0.05, 0) is 48.5 Å². The van der Waals surface area contributed by atoms with Gasteiger partial charge in [0.15, 0.2) is 0 Å². The van der Waals surface area contributed by atoms with E-state index in [-0.39, 0.29) is 27.3 Å². The number of rotatable bonds is 5. The second-order valence-electron chi connectivity index (χ2n) is 6.71. The normalized spacial score (nSPS) is 11.5. The van der Waals surface area contributed by atoms with E-state index >= 15 is 0 Å². The minimum Gasteiger partial charge on any atom is -0.497 e. The average molecular weight is 441 g/mol. The summed E-state index contributed by atoms with van der Waals surface area (Å²) in [6.45, 7) is -0.228. The molecule has 2 aromatic carbocycles. The number of aromatic amines is 1. The number of fused-ring (bicyclic) bond motifs is 1. The van der Waals surface area contributed by atoms with Crippen LogP contribution in [0.15, 0.2) is 80.3 Å². The van der Waals surface area contributed by atoms with Gasteiger partial charge >= 0.3 is 0 Å². The van der Waals surface area contributed by atoms with Gasteiger partial charge in [-0.3, -0.25) is 9.59 Å². The highest BCUT2D eigenvalue weighted by Gasteiger charge is 2.19. The molecule has 1 N–H and O–H groups in total. The minimum absolute atomic E-state index is 0.00527. The van der Waals surface area contributed by atoms with E-state index in [0.29, 0.717) is 11.1 Å². The number of sulfone groups is 1. The lowest BCUT2D eigenvalue weighted by Crippen LogP contribution is -2.26. The first kappa shape index (κ1) is 20.5. The molecule has 2 heterocycles. The average Bonchev–Trinajstić information content (AvgIpc) is 2.78. The maximum atomic E-state index is 13.4.